The Morgan fingerprint density at radius 1 is 1.33 bits per heavy atom. The van der Waals surface area contributed by atoms with Gasteiger partial charge in [0.1, 0.15) is 0 Å². The van der Waals surface area contributed by atoms with E-state index in [1.165, 1.54) is 0 Å². The standard InChI is InChI=1S/C11H13NO2S/c1-8-7-10-9(5-6-12)3-2-4-11(10)15(8,13)14/h2-4,7H,5-6,12H2,1H3. The zero-order valence-electron chi connectivity index (χ0n) is 8.53. The first-order chi connectivity index (χ1) is 7.07. The summed E-state index contributed by atoms with van der Waals surface area (Å²) in [4.78, 5) is 0.841. The summed E-state index contributed by atoms with van der Waals surface area (Å²) in [6.45, 7) is 2.16. The van der Waals surface area contributed by atoms with Crippen LogP contribution >= 0.6 is 0 Å². The predicted molar refractivity (Wildman–Crippen MR) is 60.0 cm³/mol. The van der Waals surface area contributed by atoms with Gasteiger partial charge in [0, 0.05) is 4.91 Å². The molecule has 3 nitrogen and oxygen atoms in total. The monoisotopic (exact) mass is 223 g/mol. The maximum atomic E-state index is 11.8. The zero-order valence-corrected chi connectivity index (χ0v) is 9.34. The molecule has 15 heavy (non-hydrogen) atoms. The first kappa shape index (κ1) is 10.4. The summed E-state index contributed by atoms with van der Waals surface area (Å²) in [6.07, 6.45) is 2.44. The molecule has 1 aliphatic heterocycles. The summed E-state index contributed by atoms with van der Waals surface area (Å²) in [5, 5.41) is 0. The molecule has 0 bridgehead atoms. The molecule has 0 unspecified atom stereocenters. The van der Waals surface area contributed by atoms with Crippen molar-refractivity contribution in [3.05, 3.63) is 34.2 Å². The number of hydrogen-bond donors (Lipinski definition) is 1. The van der Waals surface area contributed by atoms with E-state index in [9.17, 15) is 8.42 Å². The van der Waals surface area contributed by atoms with Gasteiger partial charge in [0.05, 0.1) is 4.90 Å². The maximum absolute atomic E-state index is 11.8. The fourth-order valence-electron chi connectivity index (χ4n) is 1.82. The van der Waals surface area contributed by atoms with Crippen molar-refractivity contribution in [3.63, 3.8) is 0 Å². The van der Waals surface area contributed by atoms with Crippen LogP contribution < -0.4 is 5.73 Å². The molecule has 80 valence electrons. The number of allylic oxidation sites excluding steroid dienone is 1. The van der Waals surface area contributed by atoms with Crippen molar-refractivity contribution < 1.29 is 8.42 Å². The quantitative estimate of drug-likeness (QED) is 0.823. The first-order valence-electron chi connectivity index (χ1n) is 4.82. The number of hydrogen-bond acceptors (Lipinski definition) is 3. The van der Waals surface area contributed by atoms with Gasteiger partial charge in [0.2, 0.25) is 9.84 Å². The van der Waals surface area contributed by atoms with E-state index in [-0.39, 0.29) is 0 Å². The lowest BCUT2D eigenvalue weighted by atomic mass is 10.0. The van der Waals surface area contributed by atoms with E-state index in [2.05, 4.69) is 0 Å². The van der Waals surface area contributed by atoms with Crippen molar-refractivity contribution in [2.45, 2.75) is 18.2 Å². The summed E-state index contributed by atoms with van der Waals surface area (Å²) in [5.74, 6) is 0. The van der Waals surface area contributed by atoms with Crippen molar-refractivity contribution in [2.24, 2.45) is 5.73 Å². The Balaban J connectivity index is 2.66. The van der Waals surface area contributed by atoms with Gasteiger partial charge in [-0.1, -0.05) is 12.1 Å². The molecule has 0 saturated heterocycles. The van der Waals surface area contributed by atoms with Gasteiger partial charge in [-0.25, -0.2) is 8.42 Å². The molecule has 0 spiro atoms. The molecular formula is C11H13NO2S. The smallest absolute Gasteiger partial charge is 0.203 e. The van der Waals surface area contributed by atoms with Crippen LogP contribution in [0.25, 0.3) is 6.08 Å². The Kier molecular flexibility index (Phi) is 2.40. The van der Waals surface area contributed by atoms with E-state index in [0.29, 0.717) is 22.8 Å². The molecule has 1 aromatic rings. The van der Waals surface area contributed by atoms with Crippen molar-refractivity contribution in [1.82, 2.24) is 0 Å². The highest BCUT2D eigenvalue weighted by atomic mass is 32.2. The highest BCUT2D eigenvalue weighted by Gasteiger charge is 2.27. The van der Waals surface area contributed by atoms with Crippen LogP contribution in [0.1, 0.15) is 18.1 Å². The molecule has 0 aromatic heterocycles. The second-order valence-corrected chi connectivity index (χ2v) is 5.72. The van der Waals surface area contributed by atoms with Gasteiger partial charge < -0.3 is 5.73 Å². The van der Waals surface area contributed by atoms with E-state index in [1.807, 2.05) is 6.07 Å². The molecule has 2 N–H and O–H groups in total. The SMILES string of the molecule is CC1=Cc2c(CCN)cccc2S1(=O)=O. The molecule has 0 atom stereocenters. The third-order valence-electron chi connectivity index (χ3n) is 2.63. The van der Waals surface area contributed by atoms with Gasteiger partial charge in [-0.05, 0) is 43.2 Å². The van der Waals surface area contributed by atoms with E-state index in [4.69, 9.17) is 5.73 Å². The van der Waals surface area contributed by atoms with Crippen LogP contribution in [0.15, 0.2) is 28.0 Å². The molecule has 2 rings (SSSR count). The number of benzene rings is 1. The van der Waals surface area contributed by atoms with Crippen molar-refractivity contribution in [1.29, 1.82) is 0 Å². The van der Waals surface area contributed by atoms with E-state index < -0.39 is 9.84 Å². The Morgan fingerprint density at radius 2 is 2.07 bits per heavy atom. The van der Waals surface area contributed by atoms with Crippen LogP contribution in [0, 0.1) is 0 Å². The second kappa shape index (κ2) is 3.47. The lowest BCUT2D eigenvalue weighted by molar-refractivity contribution is 0.603. The lowest BCUT2D eigenvalue weighted by Gasteiger charge is -2.05. The second-order valence-electron chi connectivity index (χ2n) is 3.63. The molecule has 0 fully saturated rings. The summed E-state index contributed by atoms with van der Waals surface area (Å²) >= 11 is 0. The van der Waals surface area contributed by atoms with Gasteiger partial charge in [0.25, 0.3) is 0 Å². The molecule has 0 aliphatic carbocycles. The average molecular weight is 223 g/mol. The fourth-order valence-corrected chi connectivity index (χ4v) is 3.17. The van der Waals surface area contributed by atoms with E-state index in [0.717, 1.165) is 11.1 Å². The van der Waals surface area contributed by atoms with Crippen molar-refractivity contribution in [3.8, 4) is 0 Å². The minimum Gasteiger partial charge on any atom is -0.330 e. The molecule has 1 heterocycles. The van der Waals surface area contributed by atoms with Crippen molar-refractivity contribution >= 4 is 15.9 Å². The minimum atomic E-state index is -3.20. The van der Waals surface area contributed by atoms with Gasteiger partial charge in [-0.15, -0.1) is 0 Å². The average Bonchev–Trinajstić information content (AvgIpc) is 2.41. The molecule has 4 heteroatoms. The van der Waals surface area contributed by atoms with Crippen LogP contribution in [-0.2, 0) is 16.3 Å². The Labute approximate surface area is 89.5 Å². The normalized spacial score (nSPS) is 17.3. The molecular weight excluding hydrogens is 210 g/mol. The van der Waals surface area contributed by atoms with Crippen LogP contribution in [0.5, 0.6) is 0 Å². The summed E-state index contributed by atoms with van der Waals surface area (Å²) < 4.78 is 23.7. The molecule has 1 aliphatic rings. The summed E-state index contributed by atoms with van der Waals surface area (Å²) in [7, 11) is -3.20. The van der Waals surface area contributed by atoms with Gasteiger partial charge in [0.15, 0.2) is 0 Å². The molecule has 0 saturated carbocycles. The Morgan fingerprint density at radius 3 is 2.73 bits per heavy atom. The number of sulfone groups is 1. The summed E-state index contributed by atoms with van der Waals surface area (Å²) in [5.41, 5.74) is 7.32. The maximum Gasteiger partial charge on any atom is 0.203 e. The lowest BCUT2D eigenvalue weighted by Crippen LogP contribution is -2.05. The largest absolute Gasteiger partial charge is 0.330 e. The fraction of sp³-hybridized carbons (Fsp3) is 0.273. The third kappa shape index (κ3) is 1.50. The van der Waals surface area contributed by atoms with Gasteiger partial charge in [-0.3, -0.25) is 0 Å². The predicted octanol–water partition coefficient (Wildman–Crippen LogP) is 1.34. The molecule has 1 aromatic carbocycles. The Hall–Kier alpha value is -1.13. The van der Waals surface area contributed by atoms with Crippen LogP contribution in [-0.4, -0.2) is 15.0 Å². The Bertz CT molecular complexity index is 530. The van der Waals surface area contributed by atoms with Gasteiger partial charge >= 0.3 is 0 Å². The summed E-state index contributed by atoms with van der Waals surface area (Å²) in [6, 6.07) is 5.35. The highest BCUT2D eigenvalue weighted by Crippen LogP contribution is 2.34. The first-order valence-corrected chi connectivity index (χ1v) is 6.31. The zero-order chi connectivity index (χ0) is 11.1. The van der Waals surface area contributed by atoms with E-state index in [1.54, 1.807) is 25.1 Å². The van der Waals surface area contributed by atoms with Crippen LogP contribution in [0.2, 0.25) is 0 Å². The van der Waals surface area contributed by atoms with Crippen LogP contribution in [0.3, 0.4) is 0 Å². The number of fused-ring (bicyclic) bond motifs is 1. The minimum absolute atomic E-state index is 0.418. The number of nitrogens with two attached hydrogens (primary N) is 1. The van der Waals surface area contributed by atoms with E-state index >= 15 is 0 Å². The topological polar surface area (TPSA) is 60.2 Å². The molecule has 0 amide bonds. The van der Waals surface area contributed by atoms with Crippen LogP contribution in [0.4, 0.5) is 0 Å². The number of rotatable bonds is 2. The molecule has 0 radical (unpaired) electrons. The van der Waals surface area contributed by atoms with Gasteiger partial charge in [-0.2, -0.15) is 0 Å². The van der Waals surface area contributed by atoms with Crippen molar-refractivity contribution in [2.75, 3.05) is 6.54 Å². The third-order valence-corrected chi connectivity index (χ3v) is 4.53. The highest BCUT2D eigenvalue weighted by molar-refractivity contribution is 7.95.